The van der Waals surface area contributed by atoms with Crippen molar-refractivity contribution in [2.75, 3.05) is 6.54 Å². The molecule has 5 heteroatoms. The molecular weight excluding hydrogens is 362 g/mol. The lowest BCUT2D eigenvalue weighted by Gasteiger charge is -2.08. The van der Waals surface area contributed by atoms with Crippen LogP contribution in [0.2, 0.25) is 0 Å². The van der Waals surface area contributed by atoms with Gasteiger partial charge in [0.2, 0.25) is 0 Å². The van der Waals surface area contributed by atoms with Crippen LogP contribution in [0, 0.1) is 0 Å². The largest absolute Gasteiger partial charge is 0.457 e. The summed E-state index contributed by atoms with van der Waals surface area (Å²) in [5.41, 5.74) is 1.87. The maximum absolute atomic E-state index is 12.1. The lowest BCUT2D eigenvalue weighted by atomic mass is 10.2. The molecule has 0 aliphatic rings. The normalized spacial score (nSPS) is 10.9. The summed E-state index contributed by atoms with van der Waals surface area (Å²) in [6.07, 6.45) is 1.63. The Morgan fingerprint density at radius 2 is 1.59 bits per heavy atom. The number of benzene rings is 3. The molecule has 4 aromatic rings. The van der Waals surface area contributed by atoms with Crippen LogP contribution < -0.4 is 15.6 Å². The van der Waals surface area contributed by atoms with E-state index in [1.807, 2.05) is 60.7 Å². The van der Waals surface area contributed by atoms with Crippen LogP contribution in [0.1, 0.15) is 17.8 Å². The number of fused-ring (bicyclic) bond motifs is 1. The van der Waals surface area contributed by atoms with E-state index in [4.69, 9.17) is 4.74 Å². The van der Waals surface area contributed by atoms with Gasteiger partial charge in [0, 0.05) is 13.0 Å². The molecule has 0 unspecified atom stereocenters. The van der Waals surface area contributed by atoms with Crippen LogP contribution in [0.4, 0.5) is 0 Å². The number of ether oxygens (including phenoxy) is 1. The fourth-order valence-corrected chi connectivity index (χ4v) is 3.17. The third-order valence-corrected chi connectivity index (χ3v) is 4.66. The SMILES string of the molecule is O=c1[nH]c(CCCNCc2ccc(Oc3ccccc3)cc2)nc2ccccc12. The van der Waals surface area contributed by atoms with Crippen molar-refractivity contribution in [2.24, 2.45) is 0 Å². The highest BCUT2D eigenvalue weighted by molar-refractivity contribution is 5.77. The maximum Gasteiger partial charge on any atom is 0.258 e. The Balaban J connectivity index is 1.23. The van der Waals surface area contributed by atoms with Crippen LogP contribution in [-0.2, 0) is 13.0 Å². The Bertz CT molecular complexity index is 1120. The third-order valence-electron chi connectivity index (χ3n) is 4.66. The first-order valence-electron chi connectivity index (χ1n) is 9.78. The molecule has 0 fully saturated rings. The fourth-order valence-electron chi connectivity index (χ4n) is 3.17. The van der Waals surface area contributed by atoms with Crippen LogP contribution in [0.15, 0.2) is 83.7 Å². The first-order chi connectivity index (χ1) is 14.3. The number of para-hydroxylation sites is 2. The Hall–Kier alpha value is -3.44. The Kier molecular flexibility index (Phi) is 5.98. The van der Waals surface area contributed by atoms with E-state index < -0.39 is 0 Å². The summed E-state index contributed by atoms with van der Waals surface area (Å²) < 4.78 is 5.81. The summed E-state index contributed by atoms with van der Waals surface area (Å²) >= 11 is 0. The molecule has 0 aliphatic heterocycles. The van der Waals surface area contributed by atoms with Gasteiger partial charge in [0.05, 0.1) is 10.9 Å². The smallest absolute Gasteiger partial charge is 0.258 e. The standard InChI is InChI=1S/C24H23N3O2/c28-24-21-9-4-5-10-22(21)26-23(27-24)11-6-16-25-17-18-12-14-20(15-13-18)29-19-7-2-1-3-8-19/h1-5,7-10,12-15,25H,6,11,16-17H2,(H,26,27,28). The molecule has 0 aliphatic carbocycles. The molecule has 0 saturated carbocycles. The average molecular weight is 385 g/mol. The van der Waals surface area contributed by atoms with Gasteiger partial charge < -0.3 is 15.0 Å². The Labute approximate surface area is 169 Å². The van der Waals surface area contributed by atoms with E-state index in [-0.39, 0.29) is 5.56 Å². The van der Waals surface area contributed by atoms with Crippen LogP contribution in [0.5, 0.6) is 11.5 Å². The van der Waals surface area contributed by atoms with Crippen LogP contribution in [0.3, 0.4) is 0 Å². The van der Waals surface area contributed by atoms with Crippen LogP contribution in [-0.4, -0.2) is 16.5 Å². The molecule has 5 nitrogen and oxygen atoms in total. The second-order valence-electron chi connectivity index (χ2n) is 6.87. The zero-order chi connectivity index (χ0) is 19.9. The van der Waals surface area contributed by atoms with E-state index in [1.165, 1.54) is 5.56 Å². The highest BCUT2D eigenvalue weighted by Crippen LogP contribution is 2.21. The lowest BCUT2D eigenvalue weighted by Crippen LogP contribution is -2.17. The molecule has 2 N–H and O–H groups in total. The summed E-state index contributed by atoms with van der Waals surface area (Å²) in [5.74, 6) is 2.39. The van der Waals surface area contributed by atoms with Gasteiger partial charge in [-0.2, -0.15) is 0 Å². The topological polar surface area (TPSA) is 67.0 Å². The lowest BCUT2D eigenvalue weighted by molar-refractivity contribution is 0.482. The van der Waals surface area contributed by atoms with Gasteiger partial charge >= 0.3 is 0 Å². The Morgan fingerprint density at radius 3 is 2.41 bits per heavy atom. The third kappa shape index (κ3) is 5.09. The van der Waals surface area contributed by atoms with Gasteiger partial charge in [-0.15, -0.1) is 0 Å². The molecule has 1 heterocycles. The number of nitrogens with one attached hydrogen (secondary N) is 2. The van der Waals surface area contributed by atoms with Crippen molar-refractivity contribution in [3.05, 3.63) is 101 Å². The summed E-state index contributed by atoms with van der Waals surface area (Å²) in [4.78, 5) is 19.5. The molecule has 0 saturated heterocycles. The van der Waals surface area contributed by atoms with Gasteiger partial charge in [-0.25, -0.2) is 4.98 Å². The predicted octanol–water partition coefficient (Wildman–Crippen LogP) is 4.44. The molecule has 0 spiro atoms. The van der Waals surface area contributed by atoms with Crippen molar-refractivity contribution in [1.29, 1.82) is 0 Å². The number of rotatable bonds is 8. The summed E-state index contributed by atoms with van der Waals surface area (Å²) in [5, 5.41) is 4.07. The van der Waals surface area contributed by atoms with Crippen molar-refractivity contribution in [3.63, 3.8) is 0 Å². The molecule has 0 bridgehead atoms. The highest BCUT2D eigenvalue weighted by atomic mass is 16.5. The molecule has 0 radical (unpaired) electrons. The van der Waals surface area contributed by atoms with E-state index in [9.17, 15) is 4.79 Å². The van der Waals surface area contributed by atoms with Crippen molar-refractivity contribution in [2.45, 2.75) is 19.4 Å². The molecule has 146 valence electrons. The number of hydrogen-bond acceptors (Lipinski definition) is 4. The van der Waals surface area contributed by atoms with Crippen molar-refractivity contribution >= 4 is 10.9 Å². The molecule has 0 atom stereocenters. The summed E-state index contributed by atoms with van der Waals surface area (Å²) in [6, 6.07) is 25.3. The summed E-state index contributed by atoms with van der Waals surface area (Å²) in [7, 11) is 0. The van der Waals surface area contributed by atoms with Gasteiger partial charge in [0.1, 0.15) is 17.3 Å². The molecular formula is C24H23N3O2. The van der Waals surface area contributed by atoms with Gasteiger partial charge in [0.15, 0.2) is 0 Å². The fraction of sp³-hybridized carbons (Fsp3) is 0.167. The molecule has 29 heavy (non-hydrogen) atoms. The van der Waals surface area contributed by atoms with Gasteiger partial charge in [-0.3, -0.25) is 4.79 Å². The van der Waals surface area contributed by atoms with E-state index in [2.05, 4.69) is 27.4 Å². The zero-order valence-electron chi connectivity index (χ0n) is 16.1. The van der Waals surface area contributed by atoms with E-state index in [0.717, 1.165) is 48.8 Å². The molecule has 4 rings (SSSR count). The minimum Gasteiger partial charge on any atom is -0.457 e. The number of aromatic amines is 1. The number of aryl methyl sites for hydroxylation is 1. The second-order valence-corrected chi connectivity index (χ2v) is 6.87. The zero-order valence-corrected chi connectivity index (χ0v) is 16.1. The van der Waals surface area contributed by atoms with Gasteiger partial charge in [0.25, 0.3) is 5.56 Å². The monoisotopic (exact) mass is 385 g/mol. The number of nitrogens with zero attached hydrogens (tertiary/aromatic N) is 1. The average Bonchev–Trinajstić information content (AvgIpc) is 2.75. The van der Waals surface area contributed by atoms with Crippen LogP contribution in [0.25, 0.3) is 10.9 Å². The minimum atomic E-state index is -0.0728. The first-order valence-corrected chi connectivity index (χ1v) is 9.78. The maximum atomic E-state index is 12.1. The van der Waals surface area contributed by atoms with E-state index in [0.29, 0.717) is 5.39 Å². The summed E-state index contributed by atoms with van der Waals surface area (Å²) in [6.45, 7) is 1.63. The number of hydrogen-bond donors (Lipinski definition) is 2. The highest BCUT2D eigenvalue weighted by Gasteiger charge is 2.03. The second kappa shape index (κ2) is 9.17. The molecule has 0 amide bonds. The van der Waals surface area contributed by atoms with Gasteiger partial charge in [-0.05, 0) is 54.9 Å². The van der Waals surface area contributed by atoms with E-state index >= 15 is 0 Å². The number of aromatic nitrogens is 2. The number of H-pyrrole nitrogens is 1. The van der Waals surface area contributed by atoms with E-state index in [1.54, 1.807) is 6.07 Å². The predicted molar refractivity (Wildman–Crippen MR) is 115 cm³/mol. The minimum absolute atomic E-state index is 0.0728. The van der Waals surface area contributed by atoms with Crippen molar-refractivity contribution in [3.8, 4) is 11.5 Å². The van der Waals surface area contributed by atoms with Crippen molar-refractivity contribution < 1.29 is 4.74 Å². The molecule has 3 aromatic carbocycles. The van der Waals surface area contributed by atoms with Crippen LogP contribution >= 0.6 is 0 Å². The Morgan fingerprint density at radius 1 is 0.862 bits per heavy atom. The first kappa shape index (κ1) is 18.9. The quantitative estimate of drug-likeness (QED) is 0.440. The van der Waals surface area contributed by atoms with Crippen molar-refractivity contribution in [1.82, 2.24) is 15.3 Å². The molecule has 1 aromatic heterocycles. The van der Waals surface area contributed by atoms with Gasteiger partial charge in [-0.1, -0.05) is 42.5 Å².